The van der Waals surface area contributed by atoms with Gasteiger partial charge in [0, 0.05) is 19.3 Å². The number of amides is 2. The molecule has 6 nitrogen and oxygen atoms in total. The molecule has 0 aliphatic heterocycles. The number of nitrogen functional groups attached to an aromatic ring is 1. The first-order chi connectivity index (χ1) is 9.06. The quantitative estimate of drug-likeness (QED) is 0.504. The molecule has 1 aromatic carbocycles. The molecule has 104 valence electrons. The highest BCUT2D eigenvalue weighted by Crippen LogP contribution is 2.10. The maximum absolute atomic E-state index is 11.9. The number of anilines is 1. The van der Waals surface area contributed by atoms with Crippen molar-refractivity contribution in [3.8, 4) is 0 Å². The van der Waals surface area contributed by atoms with Crippen LogP contribution in [-0.2, 0) is 9.53 Å². The lowest BCUT2D eigenvalue weighted by Crippen LogP contribution is -2.45. The number of carbonyl (C=O) groups is 2. The molecular formula is C13H19N3O3. The van der Waals surface area contributed by atoms with E-state index in [9.17, 15) is 9.59 Å². The Morgan fingerprint density at radius 1 is 1.37 bits per heavy atom. The van der Waals surface area contributed by atoms with Crippen LogP contribution in [-0.4, -0.2) is 38.1 Å². The van der Waals surface area contributed by atoms with Gasteiger partial charge in [-0.3, -0.25) is 9.59 Å². The van der Waals surface area contributed by atoms with E-state index in [1.54, 1.807) is 38.3 Å². The topological polar surface area (TPSA) is 93.5 Å². The molecule has 1 unspecified atom stereocenters. The van der Waals surface area contributed by atoms with E-state index >= 15 is 0 Å². The van der Waals surface area contributed by atoms with Gasteiger partial charge in [-0.2, -0.15) is 0 Å². The monoisotopic (exact) mass is 265 g/mol. The summed E-state index contributed by atoms with van der Waals surface area (Å²) in [5.41, 5.74) is 6.44. The fourth-order valence-corrected chi connectivity index (χ4v) is 1.47. The molecule has 0 fully saturated rings. The van der Waals surface area contributed by atoms with Crippen molar-refractivity contribution in [2.24, 2.45) is 0 Å². The van der Waals surface area contributed by atoms with Crippen LogP contribution in [0.4, 0.5) is 5.69 Å². The molecule has 0 bridgehead atoms. The first-order valence-electron chi connectivity index (χ1n) is 5.98. The molecule has 0 aliphatic rings. The number of hydrogen-bond donors (Lipinski definition) is 3. The molecule has 0 aliphatic carbocycles. The summed E-state index contributed by atoms with van der Waals surface area (Å²) in [6.07, 6.45) is 0. The Labute approximate surface area is 112 Å². The number of nitrogens with one attached hydrogen (secondary N) is 2. The average molecular weight is 265 g/mol. The zero-order valence-electron chi connectivity index (χ0n) is 11.1. The van der Waals surface area contributed by atoms with Crippen molar-refractivity contribution in [1.82, 2.24) is 10.6 Å². The Kier molecular flexibility index (Phi) is 5.81. The van der Waals surface area contributed by atoms with Crippen molar-refractivity contribution in [2.45, 2.75) is 13.0 Å². The van der Waals surface area contributed by atoms with E-state index in [1.807, 2.05) is 0 Å². The molecule has 0 spiro atoms. The van der Waals surface area contributed by atoms with Crippen molar-refractivity contribution < 1.29 is 14.3 Å². The summed E-state index contributed by atoms with van der Waals surface area (Å²) in [6, 6.07) is 6.07. The van der Waals surface area contributed by atoms with Gasteiger partial charge in [0.1, 0.15) is 6.04 Å². The van der Waals surface area contributed by atoms with E-state index in [0.29, 0.717) is 24.4 Å². The number of para-hydroxylation sites is 1. The molecule has 4 N–H and O–H groups in total. The first kappa shape index (κ1) is 15.0. The highest BCUT2D eigenvalue weighted by Gasteiger charge is 2.17. The molecule has 1 rings (SSSR count). The molecule has 6 heteroatoms. The molecule has 0 heterocycles. The fraction of sp³-hybridized carbons (Fsp3) is 0.385. The zero-order valence-corrected chi connectivity index (χ0v) is 11.1. The SMILES string of the molecule is COCCNC(=O)C(C)NC(=O)c1ccccc1N. The van der Waals surface area contributed by atoms with Crippen LogP contribution < -0.4 is 16.4 Å². The van der Waals surface area contributed by atoms with Crippen LogP contribution in [0.1, 0.15) is 17.3 Å². The molecule has 1 aromatic rings. The predicted molar refractivity (Wildman–Crippen MR) is 72.7 cm³/mol. The summed E-state index contributed by atoms with van der Waals surface area (Å²) in [6.45, 7) is 2.44. The number of ether oxygens (including phenoxy) is 1. The lowest BCUT2D eigenvalue weighted by atomic mass is 10.1. The van der Waals surface area contributed by atoms with E-state index in [1.165, 1.54) is 0 Å². The van der Waals surface area contributed by atoms with Crippen LogP contribution in [0.2, 0.25) is 0 Å². The summed E-state index contributed by atoms with van der Waals surface area (Å²) in [4.78, 5) is 23.6. The Bertz CT molecular complexity index is 449. The Hall–Kier alpha value is -2.08. The van der Waals surface area contributed by atoms with Crippen LogP contribution in [0.3, 0.4) is 0 Å². The van der Waals surface area contributed by atoms with Crippen molar-refractivity contribution >= 4 is 17.5 Å². The minimum atomic E-state index is -0.635. The third-order valence-electron chi connectivity index (χ3n) is 2.55. The first-order valence-corrected chi connectivity index (χ1v) is 5.98. The second kappa shape index (κ2) is 7.38. The molecule has 2 amide bonds. The largest absolute Gasteiger partial charge is 0.398 e. The Balaban J connectivity index is 2.52. The highest BCUT2D eigenvalue weighted by molar-refractivity contribution is 6.01. The van der Waals surface area contributed by atoms with E-state index < -0.39 is 6.04 Å². The molecule has 0 saturated heterocycles. The maximum atomic E-state index is 11.9. The van der Waals surface area contributed by atoms with E-state index in [-0.39, 0.29) is 11.8 Å². The lowest BCUT2D eigenvalue weighted by Gasteiger charge is -2.14. The van der Waals surface area contributed by atoms with Crippen molar-refractivity contribution in [2.75, 3.05) is 26.0 Å². The van der Waals surface area contributed by atoms with Gasteiger partial charge >= 0.3 is 0 Å². The van der Waals surface area contributed by atoms with Gasteiger partial charge in [-0.05, 0) is 19.1 Å². The van der Waals surface area contributed by atoms with Crippen LogP contribution in [0, 0.1) is 0 Å². The zero-order chi connectivity index (χ0) is 14.3. The van der Waals surface area contributed by atoms with Gasteiger partial charge in [-0.25, -0.2) is 0 Å². The molecule has 0 saturated carbocycles. The summed E-state index contributed by atoms with van der Waals surface area (Å²) < 4.78 is 4.82. The summed E-state index contributed by atoms with van der Waals surface area (Å²) in [5.74, 6) is -0.632. The van der Waals surface area contributed by atoms with Crippen LogP contribution in [0.5, 0.6) is 0 Å². The van der Waals surface area contributed by atoms with Gasteiger partial charge in [0.05, 0.1) is 12.2 Å². The van der Waals surface area contributed by atoms with Gasteiger partial charge in [-0.1, -0.05) is 12.1 Å². The van der Waals surface area contributed by atoms with Gasteiger partial charge in [-0.15, -0.1) is 0 Å². The predicted octanol–water partition coefficient (Wildman–Crippen LogP) is 0.150. The normalized spacial score (nSPS) is 11.7. The van der Waals surface area contributed by atoms with Crippen LogP contribution >= 0.6 is 0 Å². The molecule has 0 aromatic heterocycles. The minimum Gasteiger partial charge on any atom is -0.398 e. The number of carbonyl (C=O) groups excluding carboxylic acids is 2. The lowest BCUT2D eigenvalue weighted by molar-refractivity contribution is -0.122. The van der Waals surface area contributed by atoms with Crippen LogP contribution in [0.15, 0.2) is 24.3 Å². The number of benzene rings is 1. The summed E-state index contributed by atoms with van der Waals surface area (Å²) >= 11 is 0. The molecular weight excluding hydrogens is 246 g/mol. The van der Waals surface area contributed by atoms with Crippen molar-refractivity contribution in [3.63, 3.8) is 0 Å². The second-order valence-electron chi connectivity index (χ2n) is 4.07. The van der Waals surface area contributed by atoms with Gasteiger partial charge < -0.3 is 21.1 Å². The minimum absolute atomic E-state index is 0.264. The van der Waals surface area contributed by atoms with E-state index in [2.05, 4.69) is 10.6 Å². The van der Waals surface area contributed by atoms with Crippen molar-refractivity contribution in [3.05, 3.63) is 29.8 Å². The highest BCUT2D eigenvalue weighted by atomic mass is 16.5. The van der Waals surface area contributed by atoms with Crippen LogP contribution in [0.25, 0.3) is 0 Å². The van der Waals surface area contributed by atoms with Gasteiger partial charge in [0.15, 0.2) is 0 Å². The van der Waals surface area contributed by atoms with E-state index in [0.717, 1.165) is 0 Å². The Morgan fingerprint density at radius 2 is 2.05 bits per heavy atom. The number of nitrogens with two attached hydrogens (primary N) is 1. The molecule has 0 radical (unpaired) electrons. The number of rotatable bonds is 6. The van der Waals surface area contributed by atoms with Gasteiger partial charge in [0.25, 0.3) is 5.91 Å². The average Bonchev–Trinajstić information content (AvgIpc) is 2.39. The Morgan fingerprint density at radius 3 is 2.68 bits per heavy atom. The smallest absolute Gasteiger partial charge is 0.254 e. The standard InChI is InChI=1S/C13H19N3O3/c1-9(12(17)15-7-8-19-2)16-13(18)10-5-3-4-6-11(10)14/h3-6,9H,7-8,14H2,1-2H3,(H,15,17)(H,16,18). The van der Waals surface area contributed by atoms with E-state index in [4.69, 9.17) is 10.5 Å². The third kappa shape index (κ3) is 4.59. The van der Waals surface area contributed by atoms with Crippen molar-refractivity contribution in [1.29, 1.82) is 0 Å². The number of hydrogen-bond acceptors (Lipinski definition) is 4. The molecule has 19 heavy (non-hydrogen) atoms. The maximum Gasteiger partial charge on any atom is 0.254 e. The molecule has 1 atom stereocenters. The number of methoxy groups -OCH3 is 1. The summed E-state index contributed by atoms with van der Waals surface area (Å²) in [7, 11) is 1.55. The van der Waals surface area contributed by atoms with Gasteiger partial charge in [0.2, 0.25) is 5.91 Å². The second-order valence-corrected chi connectivity index (χ2v) is 4.07. The third-order valence-corrected chi connectivity index (χ3v) is 2.55. The fourth-order valence-electron chi connectivity index (χ4n) is 1.47. The summed E-state index contributed by atoms with van der Waals surface area (Å²) in [5, 5.41) is 5.24.